The van der Waals surface area contributed by atoms with Gasteiger partial charge in [0.25, 0.3) is 0 Å². The van der Waals surface area contributed by atoms with Crippen LogP contribution < -0.4 is 10.1 Å². The normalized spacial score (nSPS) is 22.7. The van der Waals surface area contributed by atoms with Gasteiger partial charge in [0.1, 0.15) is 6.61 Å². The summed E-state index contributed by atoms with van der Waals surface area (Å²) in [6.45, 7) is 10.4. The predicted octanol–water partition coefficient (Wildman–Crippen LogP) is 2.25. The van der Waals surface area contributed by atoms with Crippen molar-refractivity contribution >= 4 is 5.91 Å². The monoisotopic (exact) mass is 319 g/mol. The van der Waals surface area contributed by atoms with Gasteiger partial charge < -0.3 is 15.0 Å². The van der Waals surface area contributed by atoms with Crippen molar-refractivity contribution in [1.82, 2.24) is 15.2 Å². The Morgan fingerprint density at radius 2 is 2.26 bits per heavy atom. The lowest BCUT2D eigenvalue weighted by molar-refractivity contribution is -0.132. The van der Waals surface area contributed by atoms with Crippen LogP contribution in [0.3, 0.4) is 0 Å². The second-order valence-electron chi connectivity index (χ2n) is 7.41. The van der Waals surface area contributed by atoms with Crippen molar-refractivity contribution in [2.75, 3.05) is 26.7 Å². The highest BCUT2D eigenvalue weighted by molar-refractivity contribution is 5.82. The molecule has 5 nitrogen and oxygen atoms in total. The van der Waals surface area contributed by atoms with Gasteiger partial charge in [-0.05, 0) is 52.8 Å². The molecule has 0 bridgehead atoms. The summed E-state index contributed by atoms with van der Waals surface area (Å²) in [6.07, 6.45) is 2.70. The van der Waals surface area contributed by atoms with E-state index in [0.717, 1.165) is 25.1 Å². The fourth-order valence-corrected chi connectivity index (χ4v) is 2.87. The Bertz CT molecular complexity index is 545. The third-order valence-corrected chi connectivity index (χ3v) is 4.57. The van der Waals surface area contributed by atoms with Gasteiger partial charge in [-0.15, -0.1) is 0 Å². The first-order chi connectivity index (χ1) is 10.8. The Morgan fingerprint density at radius 3 is 2.91 bits per heavy atom. The molecule has 0 aromatic carbocycles. The number of carbonyl (C=O) groups excluding carboxylic acids is 1. The molecule has 1 N–H and O–H groups in total. The van der Waals surface area contributed by atoms with Gasteiger partial charge in [-0.25, -0.2) is 4.98 Å². The van der Waals surface area contributed by atoms with Crippen LogP contribution in [0.15, 0.2) is 18.3 Å². The van der Waals surface area contributed by atoms with Gasteiger partial charge in [-0.2, -0.15) is 0 Å². The highest BCUT2D eigenvalue weighted by Gasteiger charge is 2.33. The number of aryl methyl sites for hydroxylation is 1. The molecule has 128 valence electrons. The number of likely N-dealkylation sites (tertiary alicyclic amines) is 1. The van der Waals surface area contributed by atoms with Gasteiger partial charge >= 0.3 is 0 Å². The van der Waals surface area contributed by atoms with Crippen LogP contribution in [0.2, 0.25) is 0 Å². The van der Waals surface area contributed by atoms with Crippen LogP contribution in [-0.2, 0) is 4.79 Å². The lowest BCUT2D eigenvalue weighted by Gasteiger charge is -2.37. The molecular formula is C18H29N3O2. The second kappa shape index (κ2) is 7.30. The molecule has 1 amide bonds. The minimum Gasteiger partial charge on any atom is -0.476 e. The average Bonchev–Trinajstić information content (AvgIpc) is 2.49. The number of piperidine rings is 1. The molecule has 0 saturated carbocycles. The molecule has 2 heterocycles. The molecule has 1 saturated heterocycles. The molecule has 5 heteroatoms. The van der Waals surface area contributed by atoms with Gasteiger partial charge in [0, 0.05) is 24.3 Å². The first-order valence-corrected chi connectivity index (χ1v) is 8.33. The summed E-state index contributed by atoms with van der Waals surface area (Å²) in [5.74, 6) is 1.11. The number of rotatable bonds is 5. The molecule has 0 spiro atoms. The minimum absolute atomic E-state index is 0.0486. The van der Waals surface area contributed by atoms with Crippen LogP contribution in [-0.4, -0.2) is 48.6 Å². The zero-order chi connectivity index (χ0) is 17.0. The molecule has 23 heavy (non-hydrogen) atoms. The third kappa shape index (κ3) is 4.67. The maximum absolute atomic E-state index is 12.6. The fraction of sp³-hybridized carbons (Fsp3) is 0.667. The Kier molecular flexibility index (Phi) is 5.63. The maximum atomic E-state index is 12.6. The van der Waals surface area contributed by atoms with E-state index in [0.29, 0.717) is 18.4 Å². The molecule has 0 radical (unpaired) electrons. The molecular weight excluding hydrogens is 290 g/mol. The van der Waals surface area contributed by atoms with Gasteiger partial charge in [0.05, 0.1) is 5.41 Å². The van der Waals surface area contributed by atoms with Crippen molar-refractivity contribution < 1.29 is 9.53 Å². The third-order valence-electron chi connectivity index (χ3n) is 4.57. The Hall–Kier alpha value is -1.62. The number of nitrogens with one attached hydrogen (secondary N) is 1. The van der Waals surface area contributed by atoms with Gasteiger partial charge in [0.2, 0.25) is 11.8 Å². The Balaban J connectivity index is 1.91. The molecule has 0 aliphatic carbocycles. The molecule has 2 atom stereocenters. The maximum Gasteiger partial charge on any atom is 0.229 e. The summed E-state index contributed by atoms with van der Waals surface area (Å²) in [6, 6.07) is 4.08. The first-order valence-electron chi connectivity index (χ1n) is 8.33. The highest BCUT2D eigenvalue weighted by atomic mass is 16.5. The standard InChI is InChI=1S/C18H29N3O2/c1-13-7-6-9-19-16(13)23-12-18(3,4)17(22)20-15-8-10-21(5)11-14(15)2/h6-7,9,14-15H,8,10-12H2,1-5H3,(H,20,22). The van der Waals surface area contributed by atoms with E-state index in [1.165, 1.54) is 0 Å². The highest BCUT2D eigenvalue weighted by Crippen LogP contribution is 2.22. The quantitative estimate of drug-likeness (QED) is 0.904. The van der Waals surface area contributed by atoms with Crippen LogP contribution in [0.1, 0.15) is 32.8 Å². The summed E-state index contributed by atoms with van der Waals surface area (Å²) < 4.78 is 5.78. The molecule has 2 unspecified atom stereocenters. The first kappa shape index (κ1) is 17.7. The molecule has 2 rings (SSSR count). The molecule has 1 aliphatic heterocycles. The van der Waals surface area contributed by atoms with Crippen LogP contribution in [0.25, 0.3) is 0 Å². The van der Waals surface area contributed by atoms with Gasteiger partial charge in [0.15, 0.2) is 0 Å². The van der Waals surface area contributed by atoms with E-state index in [-0.39, 0.29) is 11.9 Å². The molecule has 1 aromatic rings. The van der Waals surface area contributed by atoms with E-state index in [1.54, 1.807) is 6.20 Å². The second-order valence-corrected chi connectivity index (χ2v) is 7.41. The fourth-order valence-electron chi connectivity index (χ4n) is 2.87. The summed E-state index contributed by atoms with van der Waals surface area (Å²) in [5, 5.41) is 3.21. The van der Waals surface area contributed by atoms with E-state index in [4.69, 9.17) is 4.74 Å². The summed E-state index contributed by atoms with van der Waals surface area (Å²) >= 11 is 0. The van der Waals surface area contributed by atoms with E-state index < -0.39 is 5.41 Å². The SMILES string of the molecule is Cc1cccnc1OCC(C)(C)C(=O)NC1CCN(C)CC1C. The summed E-state index contributed by atoms with van der Waals surface area (Å²) in [7, 11) is 2.13. The number of amides is 1. The molecule has 1 aromatic heterocycles. The zero-order valence-electron chi connectivity index (χ0n) is 14.9. The minimum atomic E-state index is -0.590. The lowest BCUT2D eigenvalue weighted by Crippen LogP contribution is -2.52. The number of aromatic nitrogens is 1. The topological polar surface area (TPSA) is 54.5 Å². The predicted molar refractivity (Wildman–Crippen MR) is 91.5 cm³/mol. The average molecular weight is 319 g/mol. The van der Waals surface area contributed by atoms with Gasteiger partial charge in [-0.3, -0.25) is 4.79 Å². The van der Waals surface area contributed by atoms with Crippen molar-refractivity contribution in [2.24, 2.45) is 11.3 Å². The number of hydrogen-bond donors (Lipinski definition) is 1. The van der Waals surface area contributed by atoms with E-state index in [1.807, 2.05) is 32.9 Å². The van der Waals surface area contributed by atoms with Crippen LogP contribution in [0, 0.1) is 18.3 Å². The number of ether oxygens (including phenoxy) is 1. The Morgan fingerprint density at radius 1 is 1.52 bits per heavy atom. The largest absolute Gasteiger partial charge is 0.476 e. The van der Waals surface area contributed by atoms with Crippen molar-refractivity contribution in [3.8, 4) is 5.88 Å². The van der Waals surface area contributed by atoms with E-state index in [9.17, 15) is 4.79 Å². The Labute approximate surface area is 139 Å². The molecule has 1 aliphatic rings. The number of pyridine rings is 1. The van der Waals surface area contributed by atoms with E-state index >= 15 is 0 Å². The number of hydrogen-bond acceptors (Lipinski definition) is 4. The summed E-state index contributed by atoms with van der Waals surface area (Å²) in [5.41, 5.74) is 0.389. The summed E-state index contributed by atoms with van der Waals surface area (Å²) in [4.78, 5) is 19.2. The number of nitrogens with zero attached hydrogens (tertiary/aromatic N) is 2. The van der Waals surface area contributed by atoms with Crippen molar-refractivity contribution in [3.05, 3.63) is 23.9 Å². The van der Waals surface area contributed by atoms with Crippen LogP contribution >= 0.6 is 0 Å². The van der Waals surface area contributed by atoms with Crippen LogP contribution in [0.4, 0.5) is 0 Å². The van der Waals surface area contributed by atoms with Gasteiger partial charge in [-0.1, -0.05) is 13.0 Å². The van der Waals surface area contributed by atoms with Crippen molar-refractivity contribution in [1.29, 1.82) is 0 Å². The van der Waals surface area contributed by atoms with E-state index in [2.05, 4.69) is 29.2 Å². The van der Waals surface area contributed by atoms with Crippen molar-refractivity contribution in [2.45, 2.75) is 40.2 Å². The van der Waals surface area contributed by atoms with Crippen LogP contribution in [0.5, 0.6) is 5.88 Å². The zero-order valence-corrected chi connectivity index (χ0v) is 14.9. The smallest absolute Gasteiger partial charge is 0.229 e. The lowest BCUT2D eigenvalue weighted by atomic mass is 9.89. The van der Waals surface area contributed by atoms with Crippen molar-refractivity contribution in [3.63, 3.8) is 0 Å². The molecule has 1 fully saturated rings. The number of carbonyl (C=O) groups is 1.